The lowest BCUT2D eigenvalue weighted by atomic mass is 9.95. The van der Waals surface area contributed by atoms with Gasteiger partial charge in [-0.3, -0.25) is 14.5 Å². The zero-order valence-corrected chi connectivity index (χ0v) is 15.4. The quantitative estimate of drug-likeness (QED) is 0.810. The fraction of sp³-hybridized carbons (Fsp3) is 0.556. The molecule has 0 aliphatic carbocycles. The number of likely N-dealkylation sites (tertiary alicyclic amines) is 1. The molecule has 0 aromatic heterocycles. The van der Waals surface area contributed by atoms with E-state index in [9.17, 15) is 14.0 Å². The van der Waals surface area contributed by atoms with E-state index in [-0.39, 0.29) is 23.4 Å². The van der Waals surface area contributed by atoms with Crippen molar-refractivity contribution in [3.05, 3.63) is 29.0 Å². The molecular weight excluding hydrogens is 345 g/mol. The maximum Gasteiger partial charge on any atom is 0.241 e. The molecule has 0 saturated carbocycles. The number of carbonyl (C=O) groups is 2. The maximum absolute atomic E-state index is 13.7. The van der Waals surface area contributed by atoms with E-state index in [0.29, 0.717) is 24.7 Å². The van der Waals surface area contributed by atoms with Crippen molar-refractivity contribution in [1.82, 2.24) is 10.2 Å². The number of rotatable bonds is 6. The zero-order valence-electron chi connectivity index (χ0n) is 14.6. The summed E-state index contributed by atoms with van der Waals surface area (Å²) in [6.45, 7) is 5.83. The fourth-order valence-corrected chi connectivity index (χ4v) is 3.11. The minimum absolute atomic E-state index is 0.00318. The highest BCUT2D eigenvalue weighted by Crippen LogP contribution is 2.22. The van der Waals surface area contributed by atoms with E-state index < -0.39 is 11.9 Å². The molecule has 1 fully saturated rings. The molecule has 0 radical (unpaired) electrons. The molecule has 2 amide bonds. The zero-order chi connectivity index (χ0) is 18.4. The molecule has 0 spiro atoms. The van der Waals surface area contributed by atoms with Gasteiger partial charge in [0, 0.05) is 17.5 Å². The lowest BCUT2D eigenvalue weighted by Crippen LogP contribution is -2.48. The molecule has 0 bridgehead atoms. The van der Waals surface area contributed by atoms with E-state index in [2.05, 4.69) is 10.6 Å². The number of anilines is 1. The van der Waals surface area contributed by atoms with Crippen molar-refractivity contribution in [2.75, 3.05) is 25.0 Å². The number of amides is 2. The topological polar surface area (TPSA) is 61.4 Å². The van der Waals surface area contributed by atoms with E-state index in [4.69, 9.17) is 11.6 Å². The summed E-state index contributed by atoms with van der Waals surface area (Å²) in [5.41, 5.74) is 0.0816. The van der Waals surface area contributed by atoms with Crippen LogP contribution in [-0.2, 0) is 9.59 Å². The molecule has 7 heteroatoms. The number of nitrogens with zero attached hydrogens (tertiary/aromatic N) is 1. The number of hydrogen-bond acceptors (Lipinski definition) is 3. The summed E-state index contributed by atoms with van der Waals surface area (Å²) >= 11 is 5.84. The number of nitrogens with one attached hydrogen (secondary N) is 2. The van der Waals surface area contributed by atoms with Crippen molar-refractivity contribution in [3.63, 3.8) is 0 Å². The standard InChI is InChI=1S/C18H25ClFN3O2/c1-3-8-21-18(25)13-6-9-23(10-7-13)12(2)17(24)22-16-11-14(19)4-5-15(16)20/h4-5,11-13H,3,6-10H2,1-2H3,(H,21,25)(H,22,24). The van der Waals surface area contributed by atoms with Gasteiger partial charge in [0.05, 0.1) is 11.7 Å². The lowest BCUT2D eigenvalue weighted by Gasteiger charge is -2.34. The molecular formula is C18H25ClFN3O2. The third kappa shape index (κ3) is 5.41. The molecule has 1 heterocycles. The van der Waals surface area contributed by atoms with E-state index in [1.165, 1.54) is 18.2 Å². The smallest absolute Gasteiger partial charge is 0.241 e. The Bertz CT molecular complexity index is 618. The van der Waals surface area contributed by atoms with Crippen LogP contribution in [0.1, 0.15) is 33.1 Å². The average molecular weight is 370 g/mol. The van der Waals surface area contributed by atoms with Crippen LogP contribution in [0.3, 0.4) is 0 Å². The largest absolute Gasteiger partial charge is 0.356 e. The van der Waals surface area contributed by atoms with Gasteiger partial charge in [-0.1, -0.05) is 18.5 Å². The first-order valence-corrected chi connectivity index (χ1v) is 9.07. The molecule has 1 aromatic rings. The molecule has 1 unspecified atom stereocenters. The highest BCUT2D eigenvalue weighted by Gasteiger charge is 2.29. The molecule has 1 saturated heterocycles. The van der Waals surface area contributed by atoms with Crippen LogP contribution >= 0.6 is 11.6 Å². The van der Waals surface area contributed by atoms with Gasteiger partial charge in [0.25, 0.3) is 0 Å². The van der Waals surface area contributed by atoms with Gasteiger partial charge < -0.3 is 10.6 Å². The van der Waals surface area contributed by atoms with Gasteiger partial charge in [-0.15, -0.1) is 0 Å². The molecule has 2 rings (SSSR count). The Hall–Kier alpha value is -1.66. The molecule has 5 nitrogen and oxygen atoms in total. The highest BCUT2D eigenvalue weighted by molar-refractivity contribution is 6.30. The van der Waals surface area contributed by atoms with E-state index in [0.717, 1.165) is 19.3 Å². The number of piperidine rings is 1. The Morgan fingerprint density at radius 1 is 1.36 bits per heavy atom. The summed E-state index contributed by atoms with van der Waals surface area (Å²) < 4.78 is 13.7. The first-order valence-electron chi connectivity index (χ1n) is 8.70. The predicted molar refractivity (Wildman–Crippen MR) is 97.1 cm³/mol. The van der Waals surface area contributed by atoms with Crippen LogP contribution in [0.4, 0.5) is 10.1 Å². The Labute approximate surface area is 152 Å². The Kier molecular flexibility index (Phi) is 7.20. The van der Waals surface area contributed by atoms with Crippen molar-refractivity contribution in [3.8, 4) is 0 Å². The number of benzene rings is 1. The second-order valence-corrected chi connectivity index (χ2v) is 6.83. The van der Waals surface area contributed by atoms with Gasteiger partial charge in [-0.2, -0.15) is 0 Å². The Balaban J connectivity index is 1.87. The number of carbonyl (C=O) groups excluding carboxylic acids is 2. The summed E-state index contributed by atoms with van der Waals surface area (Å²) in [6.07, 6.45) is 2.36. The van der Waals surface area contributed by atoms with Crippen LogP contribution in [0.25, 0.3) is 0 Å². The summed E-state index contributed by atoms with van der Waals surface area (Å²) in [5, 5.41) is 5.88. The third-order valence-corrected chi connectivity index (χ3v) is 4.80. The molecule has 1 aliphatic heterocycles. The molecule has 1 aromatic carbocycles. The first kappa shape index (κ1) is 19.7. The summed E-state index contributed by atoms with van der Waals surface area (Å²) in [7, 11) is 0. The van der Waals surface area contributed by atoms with E-state index in [1.54, 1.807) is 6.92 Å². The number of halogens is 2. The van der Waals surface area contributed by atoms with E-state index in [1.807, 2.05) is 11.8 Å². The van der Waals surface area contributed by atoms with Crippen molar-refractivity contribution in [1.29, 1.82) is 0 Å². The van der Waals surface area contributed by atoms with Crippen molar-refractivity contribution in [2.45, 2.75) is 39.2 Å². The Morgan fingerprint density at radius 3 is 2.68 bits per heavy atom. The average Bonchev–Trinajstić information content (AvgIpc) is 2.62. The van der Waals surface area contributed by atoms with Crippen molar-refractivity contribution >= 4 is 29.1 Å². The van der Waals surface area contributed by atoms with Crippen LogP contribution in [0, 0.1) is 11.7 Å². The maximum atomic E-state index is 13.7. The lowest BCUT2D eigenvalue weighted by molar-refractivity contribution is -0.127. The third-order valence-electron chi connectivity index (χ3n) is 4.56. The predicted octanol–water partition coefficient (Wildman–Crippen LogP) is 3.04. The van der Waals surface area contributed by atoms with Gasteiger partial charge >= 0.3 is 0 Å². The number of hydrogen-bond donors (Lipinski definition) is 2. The van der Waals surface area contributed by atoms with Gasteiger partial charge in [-0.25, -0.2) is 4.39 Å². The van der Waals surface area contributed by atoms with Crippen LogP contribution in [0.15, 0.2) is 18.2 Å². The second kappa shape index (κ2) is 9.15. The van der Waals surface area contributed by atoms with Gasteiger partial charge in [0.15, 0.2) is 0 Å². The normalized spacial score (nSPS) is 17.1. The van der Waals surface area contributed by atoms with Gasteiger partial charge in [0.2, 0.25) is 11.8 Å². The highest BCUT2D eigenvalue weighted by atomic mass is 35.5. The Morgan fingerprint density at radius 2 is 2.04 bits per heavy atom. The molecule has 1 atom stereocenters. The molecule has 1 aliphatic rings. The minimum atomic E-state index is -0.517. The van der Waals surface area contributed by atoms with Gasteiger partial charge in [0.1, 0.15) is 5.82 Å². The summed E-state index contributed by atoms with van der Waals surface area (Å²) in [5.74, 6) is -0.700. The van der Waals surface area contributed by atoms with Crippen LogP contribution in [0.5, 0.6) is 0 Å². The van der Waals surface area contributed by atoms with Crippen molar-refractivity contribution < 1.29 is 14.0 Å². The SMILES string of the molecule is CCCNC(=O)C1CCN(C(C)C(=O)Nc2cc(Cl)ccc2F)CC1. The molecule has 138 valence electrons. The molecule has 2 N–H and O–H groups in total. The first-order chi connectivity index (χ1) is 11.9. The van der Waals surface area contributed by atoms with Crippen molar-refractivity contribution in [2.24, 2.45) is 5.92 Å². The fourth-order valence-electron chi connectivity index (χ4n) is 2.94. The minimum Gasteiger partial charge on any atom is -0.356 e. The summed E-state index contributed by atoms with van der Waals surface area (Å²) in [4.78, 5) is 26.4. The monoisotopic (exact) mass is 369 g/mol. The van der Waals surface area contributed by atoms with Crippen LogP contribution < -0.4 is 10.6 Å². The molecule has 25 heavy (non-hydrogen) atoms. The van der Waals surface area contributed by atoms with E-state index >= 15 is 0 Å². The summed E-state index contributed by atoms with van der Waals surface area (Å²) in [6, 6.07) is 3.65. The van der Waals surface area contributed by atoms with Crippen LogP contribution in [-0.4, -0.2) is 42.4 Å². The second-order valence-electron chi connectivity index (χ2n) is 6.39. The van der Waals surface area contributed by atoms with Crippen LogP contribution in [0.2, 0.25) is 5.02 Å². The van der Waals surface area contributed by atoms with Gasteiger partial charge in [-0.05, 0) is 57.5 Å².